The van der Waals surface area contributed by atoms with Crippen LogP contribution in [0.25, 0.3) is 0 Å². The zero-order chi connectivity index (χ0) is 27.8. The molecule has 0 heterocycles. The van der Waals surface area contributed by atoms with Gasteiger partial charge in [-0.2, -0.15) is 0 Å². The Morgan fingerprint density at radius 2 is 1.73 bits per heavy atom. The summed E-state index contributed by atoms with van der Waals surface area (Å²) in [7, 11) is -3.68. The number of aryl methyl sites for hydroxylation is 1. The maximum atomic E-state index is 13.5. The van der Waals surface area contributed by atoms with E-state index in [0.29, 0.717) is 11.4 Å². The predicted octanol–water partition coefficient (Wildman–Crippen LogP) is 5.57. The van der Waals surface area contributed by atoms with E-state index < -0.39 is 16.1 Å². The molecule has 2 aromatic rings. The van der Waals surface area contributed by atoms with Gasteiger partial charge in [0.1, 0.15) is 6.04 Å². The van der Waals surface area contributed by atoms with Gasteiger partial charge in [0.2, 0.25) is 21.8 Å². The molecule has 1 N–H and O–H groups in total. The van der Waals surface area contributed by atoms with Gasteiger partial charge in [0.25, 0.3) is 0 Å². The molecule has 2 rings (SSSR count). The highest BCUT2D eigenvalue weighted by Crippen LogP contribution is 2.31. The van der Waals surface area contributed by atoms with Crippen LogP contribution in [0.2, 0.25) is 10.0 Å². The lowest BCUT2D eigenvalue weighted by atomic mass is 10.0. The summed E-state index contributed by atoms with van der Waals surface area (Å²) in [6, 6.07) is 11.7. The average molecular weight is 571 g/mol. The van der Waals surface area contributed by atoms with Crippen LogP contribution < -0.4 is 9.62 Å². The Morgan fingerprint density at radius 1 is 1.05 bits per heavy atom. The van der Waals surface area contributed by atoms with Crippen molar-refractivity contribution in [1.82, 2.24) is 10.2 Å². The van der Waals surface area contributed by atoms with E-state index >= 15 is 0 Å². The van der Waals surface area contributed by atoms with E-state index in [1.54, 1.807) is 11.0 Å². The second-order valence-corrected chi connectivity index (χ2v) is 12.0. The van der Waals surface area contributed by atoms with Gasteiger partial charge in [-0.25, -0.2) is 8.42 Å². The summed E-state index contributed by atoms with van der Waals surface area (Å²) in [5, 5.41) is 3.59. The third-order valence-electron chi connectivity index (χ3n) is 6.32. The Hall–Kier alpha value is -2.29. The first-order chi connectivity index (χ1) is 17.4. The van der Waals surface area contributed by atoms with Gasteiger partial charge >= 0.3 is 0 Å². The van der Waals surface area contributed by atoms with Crippen molar-refractivity contribution in [2.75, 3.05) is 17.1 Å². The zero-order valence-electron chi connectivity index (χ0n) is 22.1. The van der Waals surface area contributed by atoms with E-state index in [4.69, 9.17) is 23.2 Å². The minimum Gasteiger partial charge on any atom is -0.352 e. The average Bonchev–Trinajstić information content (AvgIpc) is 2.83. The number of hydrogen-bond acceptors (Lipinski definition) is 4. The van der Waals surface area contributed by atoms with Gasteiger partial charge in [-0.15, -0.1) is 0 Å². The van der Waals surface area contributed by atoms with Crippen molar-refractivity contribution in [1.29, 1.82) is 0 Å². The number of carbonyl (C=O) groups excluding carboxylic acids is 2. The van der Waals surface area contributed by atoms with Gasteiger partial charge < -0.3 is 10.2 Å². The van der Waals surface area contributed by atoms with Crippen LogP contribution >= 0.6 is 23.2 Å². The third kappa shape index (κ3) is 8.90. The predicted molar refractivity (Wildman–Crippen MR) is 152 cm³/mol. The maximum Gasteiger partial charge on any atom is 0.243 e. The van der Waals surface area contributed by atoms with Gasteiger partial charge in [-0.3, -0.25) is 13.9 Å². The summed E-state index contributed by atoms with van der Waals surface area (Å²) in [4.78, 5) is 28.3. The van der Waals surface area contributed by atoms with Gasteiger partial charge in [-0.1, -0.05) is 61.3 Å². The number of nitrogens with zero attached hydrogens (tertiary/aromatic N) is 2. The van der Waals surface area contributed by atoms with Crippen molar-refractivity contribution in [3.05, 3.63) is 63.6 Å². The standard InChI is InChI=1S/C27H37Cl2N3O4S/c1-6-20(4)30-27(34)24(7-2)31(18-21-12-9-8-11-19(21)3)26(33)13-10-16-32(37(5,35)36)25-17-22(28)14-15-23(25)29/h8-9,11-12,14-15,17,20,24H,6-7,10,13,16,18H2,1-5H3,(H,30,34)/t20-,24-/m1/s1. The summed E-state index contributed by atoms with van der Waals surface area (Å²) in [5.41, 5.74) is 2.24. The molecule has 0 saturated heterocycles. The SMILES string of the molecule is CC[C@@H](C)NC(=O)[C@@H](CC)N(Cc1ccccc1C)C(=O)CCCN(c1cc(Cl)ccc1Cl)S(C)(=O)=O. The lowest BCUT2D eigenvalue weighted by Gasteiger charge is -2.32. The Balaban J connectivity index is 2.27. The van der Waals surface area contributed by atoms with Crippen LogP contribution in [0.1, 0.15) is 57.6 Å². The topological polar surface area (TPSA) is 86.8 Å². The molecule has 2 atom stereocenters. The fourth-order valence-corrected chi connectivity index (χ4v) is 5.40. The van der Waals surface area contributed by atoms with Crippen molar-refractivity contribution >= 4 is 50.7 Å². The van der Waals surface area contributed by atoms with E-state index in [1.807, 2.05) is 52.0 Å². The van der Waals surface area contributed by atoms with Crippen molar-refractivity contribution in [3.63, 3.8) is 0 Å². The molecule has 0 aliphatic carbocycles. The monoisotopic (exact) mass is 569 g/mol. The number of sulfonamides is 1. The minimum atomic E-state index is -3.68. The number of carbonyl (C=O) groups is 2. The van der Waals surface area contributed by atoms with Gasteiger partial charge in [0, 0.05) is 30.6 Å². The fourth-order valence-electron chi connectivity index (χ4n) is 3.99. The van der Waals surface area contributed by atoms with E-state index in [0.717, 1.165) is 28.1 Å². The molecule has 0 fully saturated rings. The lowest BCUT2D eigenvalue weighted by molar-refractivity contribution is -0.141. The highest BCUT2D eigenvalue weighted by Gasteiger charge is 2.30. The summed E-state index contributed by atoms with van der Waals surface area (Å²) in [5.74, 6) is -0.415. The Labute approximate surface area is 231 Å². The first-order valence-electron chi connectivity index (χ1n) is 12.5. The highest BCUT2D eigenvalue weighted by molar-refractivity contribution is 7.92. The maximum absolute atomic E-state index is 13.5. The van der Waals surface area contributed by atoms with Crippen molar-refractivity contribution in [3.8, 4) is 0 Å². The third-order valence-corrected chi connectivity index (χ3v) is 8.05. The summed E-state index contributed by atoms with van der Waals surface area (Å²) >= 11 is 12.3. The molecule has 2 amide bonds. The molecule has 0 radical (unpaired) electrons. The van der Waals surface area contributed by atoms with Crippen LogP contribution in [0.15, 0.2) is 42.5 Å². The van der Waals surface area contributed by atoms with Crippen molar-refractivity contribution < 1.29 is 18.0 Å². The number of amides is 2. The van der Waals surface area contributed by atoms with Gasteiger partial charge in [-0.05, 0) is 62.4 Å². The molecule has 204 valence electrons. The molecule has 0 bridgehead atoms. The number of halogens is 2. The van der Waals surface area contributed by atoms with Crippen LogP contribution in [0.4, 0.5) is 5.69 Å². The number of rotatable bonds is 13. The Bertz CT molecular complexity index is 1190. The van der Waals surface area contributed by atoms with Gasteiger partial charge in [0.05, 0.1) is 17.0 Å². The Kier molecular flexibility index (Phi) is 11.7. The van der Waals surface area contributed by atoms with Crippen molar-refractivity contribution in [2.24, 2.45) is 0 Å². The molecule has 0 spiro atoms. The second-order valence-electron chi connectivity index (χ2n) is 9.22. The summed E-state index contributed by atoms with van der Waals surface area (Å²) < 4.78 is 26.2. The Morgan fingerprint density at radius 3 is 2.32 bits per heavy atom. The molecule has 37 heavy (non-hydrogen) atoms. The number of hydrogen-bond donors (Lipinski definition) is 1. The fraction of sp³-hybridized carbons (Fsp3) is 0.481. The van der Waals surface area contributed by atoms with Crippen LogP contribution in [0, 0.1) is 6.92 Å². The zero-order valence-corrected chi connectivity index (χ0v) is 24.5. The molecule has 0 saturated carbocycles. The lowest BCUT2D eigenvalue weighted by Crippen LogP contribution is -2.50. The normalized spacial score (nSPS) is 13.1. The largest absolute Gasteiger partial charge is 0.352 e. The van der Waals surface area contributed by atoms with Crippen LogP contribution in [0.5, 0.6) is 0 Å². The quantitative estimate of drug-likeness (QED) is 0.341. The molecule has 0 aromatic heterocycles. The number of anilines is 1. The van der Waals surface area contributed by atoms with Crippen molar-refractivity contribution in [2.45, 2.75) is 72.0 Å². The first-order valence-corrected chi connectivity index (χ1v) is 15.1. The van der Waals surface area contributed by atoms with Crippen LogP contribution in [-0.2, 0) is 26.2 Å². The minimum absolute atomic E-state index is 0.0114. The molecular formula is C27H37Cl2N3O4S. The van der Waals surface area contributed by atoms with E-state index in [-0.39, 0.29) is 54.5 Å². The van der Waals surface area contributed by atoms with E-state index in [1.165, 1.54) is 12.1 Å². The molecular weight excluding hydrogens is 533 g/mol. The second kappa shape index (κ2) is 14.0. The smallest absolute Gasteiger partial charge is 0.243 e. The summed E-state index contributed by atoms with van der Waals surface area (Å²) in [6.07, 6.45) is 2.61. The highest BCUT2D eigenvalue weighted by atomic mass is 35.5. The number of benzene rings is 2. The number of nitrogens with one attached hydrogen (secondary N) is 1. The van der Waals surface area contributed by atoms with Crippen LogP contribution in [0.3, 0.4) is 0 Å². The van der Waals surface area contributed by atoms with E-state index in [2.05, 4.69) is 5.32 Å². The summed E-state index contributed by atoms with van der Waals surface area (Å²) in [6.45, 7) is 8.09. The molecule has 10 heteroatoms. The van der Waals surface area contributed by atoms with Gasteiger partial charge in [0.15, 0.2) is 0 Å². The van der Waals surface area contributed by atoms with Crippen LogP contribution in [-0.4, -0.2) is 50.0 Å². The first kappa shape index (κ1) is 30.9. The molecule has 7 nitrogen and oxygen atoms in total. The molecule has 0 aliphatic rings. The van der Waals surface area contributed by atoms with E-state index in [9.17, 15) is 18.0 Å². The molecule has 2 aromatic carbocycles. The molecule has 0 unspecified atom stereocenters. The molecule has 0 aliphatic heterocycles.